The molecule has 0 fully saturated rings. The highest BCUT2D eigenvalue weighted by molar-refractivity contribution is 7.89. The van der Waals surface area contributed by atoms with Crippen molar-refractivity contribution in [3.63, 3.8) is 0 Å². The fourth-order valence-electron chi connectivity index (χ4n) is 0.987. The standard InChI is InChI=1S/C9H19NO5S/c1-2-15-9(12)5-8-16(13,14)10-6-3-4-7-11/h10-11H,2-8H2,1H3. The molecule has 0 atom stereocenters. The lowest BCUT2D eigenvalue weighted by molar-refractivity contribution is -0.142. The molecule has 96 valence electrons. The SMILES string of the molecule is CCOC(=O)CCS(=O)(=O)NCCCCO. The molecular formula is C9H19NO5S. The maximum atomic E-state index is 11.3. The van der Waals surface area contributed by atoms with Gasteiger partial charge in [-0.3, -0.25) is 4.79 Å². The summed E-state index contributed by atoms with van der Waals surface area (Å²) in [6.45, 7) is 2.25. The second-order valence-electron chi connectivity index (χ2n) is 3.20. The molecule has 0 aliphatic carbocycles. The Morgan fingerprint density at radius 3 is 2.62 bits per heavy atom. The van der Waals surface area contributed by atoms with Gasteiger partial charge in [0.1, 0.15) is 0 Å². The highest BCUT2D eigenvalue weighted by Crippen LogP contribution is 1.94. The summed E-state index contributed by atoms with van der Waals surface area (Å²) in [5.41, 5.74) is 0. The van der Waals surface area contributed by atoms with Crippen LogP contribution < -0.4 is 4.72 Å². The number of hydrogen-bond acceptors (Lipinski definition) is 5. The van der Waals surface area contributed by atoms with Crippen molar-refractivity contribution in [2.75, 3.05) is 25.5 Å². The van der Waals surface area contributed by atoms with Crippen LogP contribution in [0.5, 0.6) is 0 Å². The van der Waals surface area contributed by atoms with Crippen LogP contribution in [-0.4, -0.2) is 45.0 Å². The predicted molar refractivity (Wildman–Crippen MR) is 59.4 cm³/mol. The fraction of sp³-hybridized carbons (Fsp3) is 0.889. The first-order valence-electron chi connectivity index (χ1n) is 5.25. The van der Waals surface area contributed by atoms with E-state index in [1.807, 2.05) is 0 Å². The first kappa shape index (κ1) is 15.3. The Hall–Kier alpha value is -0.660. The quantitative estimate of drug-likeness (QED) is 0.432. The average Bonchev–Trinajstić information content (AvgIpc) is 2.22. The molecule has 6 nitrogen and oxygen atoms in total. The molecule has 0 saturated heterocycles. The Morgan fingerprint density at radius 2 is 2.06 bits per heavy atom. The number of unbranched alkanes of at least 4 members (excludes halogenated alkanes) is 1. The molecule has 0 aromatic carbocycles. The van der Waals surface area contributed by atoms with Crippen LogP contribution in [0.25, 0.3) is 0 Å². The van der Waals surface area contributed by atoms with Crippen LogP contribution in [0.15, 0.2) is 0 Å². The second kappa shape index (κ2) is 8.49. The van der Waals surface area contributed by atoms with E-state index in [0.29, 0.717) is 12.8 Å². The van der Waals surface area contributed by atoms with Crippen LogP contribution in [-0.2, 0) is 19.6 Å². The van der Waals surface area contributed by atoms with E-state index >= 15 is 0 Å². The zero-order chi connectivity index (χ0) is 12.4. The molecule has 0 aromatic rings. The molecule has 0 rings (SSSR count). The van der Waals surface area contributed by atoms with Crippen LogP contribution >= 0.6 is 0 Å². The summed E-state index contributed by atoms with van der Waals surface area (Å²) in [7, 11) is -3.41. The first-order chi connectivity index (χ1) is 7.52. The average molecular weight is 253 g/mol. The Balaban J connectivity index is 3.74. The van der Waals surface area contributed by atoms with Crippen molar-refractivity contribution in [1.82, 2.24) is 4.72 Å². The van der Waals surface area contributed by atoms with E-state index in [4.69, 9.17) is 5.11 Å². The number of esters is 1. The molecular weight excluding hydrogens is 234 g/mol. The van der Waals surface area contributed by atoms with Gasteiger partial charge in [0.2, 0.25) is 10.0 Å². The summed E-state index contributed by atoms with van der Waals surface area (Å²) < 4.78 is 29.6. The van der Waals surface area contributed by atoms with E-state index in [9.17, 15) is 13.2 Å². The van der Waals surface area contributed by atoms with Crippen LogP contribution in [0.1, 0.15) is 26.2 Å². The number of hydrogen-bond donors (Lipinski definition) is 2. The molecule has 7 heteroatoms. The minimum absolute atomic E-state index is 0.0462. The summed E-state index contributed by atoms with van der Waals surface area (Å²) in [5.74, 6) is -0.770. The van der Waals surface area contributed by atoms with Crippen LogP contribution in [0.3, 0.4) is 0 Å². The molecule has 0 aliphatic rings. The van der Waals surface area contributed by atoms with Gasteiger partial charge in [0.15, 0.2) is 0 Å². The summed E-state index contributed by atoms with van der Waals surface area (Å²) in [6.07, 6.45) is 0.999. The van der Waals surface area contributed by atoms with Crippen molar-refractivity contribution in [3.8, 4) is 0 Å². The van der Waals surface area contributed by atoms with Crippen molar-refractivity contribution in [2.24, 2.45) is 0 Å². The van der Waals surface area contributed by atoms with Crippen LogP contribution in [0, 0.1) is 0 Å². The lowest BCUT2D eigenvalue weighted by Gasteiger charge is -2.05. The fourth-order valence-corrected chi connectivity index (χ4v) is 2.02. The van der Waals surface area contributed by atoms with Crippen molar-refractivity contribution in [3.05, 3.63) is 0 Å². The van der Waals surface area contributed by atoms with Gasteiger partial charge in [-0.2, -0.15) is 0 Å². The van der Waals surface area contributed by atoms with E-state index in [-0.39, 0.29) is 31.9 Å². The second-order valence-corrected chi connectivity index (χ2v) is 5.13. The lowest BCUT2D eigenvalue weighted by Crippen LogP contribution is -2.28. The summed E-state index contributed by atoms with van der Waals surface area (Å²) in [5, 5.41) is 8.49. The van der Waals surface area contributed by atoms with Crippen LogP contribution in [0.2, 0.25) is 0 Å². The van der Waals surface area contributed by atoms with Gasteiger partial charge in [-0.15, -0.1) is 0 Å². The Kier molecular flexibility index (Phi) is 8.14. The molecule has 0 bridgehead atoms. The molecule has 0 unspecified atom stereocenters. The van der Waals surface area contributed by atoms with Crippen molar-refractivity contribution in [2.45, 2.75) is 26.2 Å². The van der Waals surface area contributed by atoms with Gasteiger partial charge in [-0.1, -0.05) is 0 Å². The van der Waals surface area contributed by atoms with Gasteiger partial charge in [-0.25, -0.2) is 13.1 Å². The number of carbonyl (C=O) groups excluding carboxylic acids is 1. The van der Waals surface area contributed by atoms with Gasteiger partial charge < -0.3 is 9.84 Å². The largest absolute Gasteiger partial charge is 0.466 e. The maximum absolute atomic E-state index is 11.3. The highest BCUT2D eigenvalue weighted by Gasteiger charge is 2.12. The molecule has 0 aromatic heterocycles. The number of aliphatic hydroxyl groups excluding tert-OH is 1. The molecule has 0 radical (unpaired) electrons. The molecule has 2 N–H and O–H groups in total. The normalized spacial score (nSPS) is 11.4. The Bertz CT molecular complexity index is 288. The molecule has 0 heterocycles. The summed E-state index contributed by atoms with van der Waals surface area (Å²) in [6, 6.07) is 0. The molecule has 0 spiro atoms. The van der Waals surface area contributed by atoms with Crippen LogP contribution in [0.4, 0.5) is 0 Å². The molecule has 16 heavy (non-hydrogen) atoms. The summed E-state index contributed by atoms with van der Waals surface area (Å²) >= 11 is 0. The number of rotatable bonds is 9. The topological polar surface area (TPSA) is 92.7 Å². The maximum Gasteiger partial charge on any atom is 0.306 e. The molecule has 0 aliphatic heterocycles. The third-order valence-corrected chi connectivity index (χ3v) is 3.17. The predicted octanol–water partition coefficient (Wildman–Crippen LogP) is -0.368. The molecule has 0 saturated carbocycles. The zero-order valence-electron chi connectivity index (χ0n) is 9.44. The number of sulfonamides is 1. The third-order valence-electron chi connectivity index (χ3n) is 1.79. The van der Waals surface area contributed by atoms with Gasteiger partial charge >= 0.3 is 5.97 Å². The van der Waals surface area contributed by atoms with Gasteiger partial charge in [0, 0.05) is 13.2 Å². The van der Waals surface area contributed by atoms with Crippen molar-refractivity contribution >= 4 is 16.0 Å². The number of ether oxygens (including phenoxy) is 1. The van der Waals surface area contributed by atoms with E-state index < -0.39 is 16.0 Å². The molecule has 0 amide bonds. The van der Waals surface area contributed by atoms with E-state index in [1.165, 1.54) is 0 Å². The number of nitrogens with one attached hydrogen (secondary N) is 1. The monoisotopic (exact) mass is 253 g/mol. The Morgan fingerprint density at radius 1 is 1.38 bits per heavy atom. The third kappa shape index (κ3) is 8.63. The Labute approximate surface area is 96.0 Å². The van der Waals surface area contributed by atoms with Crippen molar-refractivity contribution in [1.29, 1.82) is 0 Å². The smallest absolute Gasteiger partial charge is 0.306 e. The van der Waals surface area contributed by atoms with Crippen molar-refractivity contribution < 1.29 is 23.1 Å². The van der Waals surface area contributed by atoms with Gasteiger partial charge in [0.05, 0.1) is 18.8 Å². The number of aliphatic hydroxyl groups is 1. The van der Waals surface area contributed by atoms with E-state index in [2.05, 4.69) is 9.46 Å². The summed E-state index contributed by atoms with van der Waals surface area (Å²) in [4.78, 5) is 10.9. The minimum Gasteiger partial charge on any atom is -0.466 e. The van der Waals surface area contributed by atoms with Gasteiger partial charge in [-0.05, 0) is 19.8 Å². The lowest BCUT2D eigenvalue weighted by atomic mass is 10.3. The zero-order valence-corrected chi connectivity index (χ0v) is 10.3. The van der Waals surface area contributed by atoms with Gasteiger partial charge in [0.25, 0.3) is 0 Å². The minimum atomic E-state index is -3.41. The van der Waals surface area contributed by atoms with E-state index in [1.54, 1.807) is 6.92 Å². The van der Waals surface area contributed by atoms with E-state index in [0.717, 1.165) is 0 Å². The highest BCUT2D eigenvalue weighted by atomic mass is 32.2. The first-order valence-corrected chi connectivity index (χ1v) is 6.91. The number of carbonyl (C=O) groups is 1.